The van der Waals surface area contributed by atoms with Gasteiger partial charge in [0, 0.05) is 5.41 Å². The van der Waals surface area contributed by atoms with Gasteiger partial charge in [0.25, 0.3) is 0 Å². The van der Waals surface area contributed by atoms with Gasteiger partial charge in [-0.1, -0.05) is 136 Å². The van der Waals surface area contributed by atoms with Gasteiger partial charge in [-0.15, -0.1) is 0 Å². The van der Waals surface area contributed by atoms with Crippen molar-refractivity contribution in [1.82, 2.24) is 0 Å². The molecule has 0 aliphatic rings. The second-order valence-corrected chi connectivity index (χ2v) is 11.8. The van der Waals surface area contributed by atoms with E-state index in [4.69, 9.17) is 9.47 Å². The first-order valence-electron chi connectivity index (χ1n) is 15.9. The molecule has 2 nitrogen and oxygen atoms in total. The minimum absolute atomic E-state index is 0.122. The Kier molecular flexibility index (Phi) is 11.7. The van der Waals surface area contributed by atoms with Gasteiger partial charge in [0.15, 0.2) is 11.5 Å². The summed E-state index contributed by atoms with van der Waals surface area (Å²) in [5.74, 6) is 1.77. The van der Waals surface area contributed by atoms with Crippen LogP contribution in [0.2, 0.25) is 0 Å². The van der Waals surface area contributed by atoms with Crippen LogP contribution in [0.3, 0.4) is 0 Å². The third-order valence-electron chi connectivity index (χ3n) is 9.29. The molecule has 0 radical (unpaired) electrons. The number of rotatable bonds is 16. The van der Waals surface area contributed by atoms with Crippen LogP contribution < -0.4 is 9.47 Å². The molecule has 222 valence electrons. The Balaban J connectivity index is 1.28. The van der Waals surface area contributed by atoms with Crippen molar-refractivity contribution in [3.05, 3.63) is 130 Å². The maximum atomic E-state index is 5.71. The number of hydrogen-bond donors (Lipinski definition) is 0. The van der Waals surface area contributed by atoms with E-state index in [0.29, 0.717) is 0 Å². The summed E-state index contributed by atoms with van der Waals surface area (Å²) in [6, 6.07) is 33.4. The third kappa shape index (κ3) is 7.09. The highest BCUT2D eigenvalue weighted by molar-refractivity contribution is 5.59. The Morgan fingerprint density at radius 3 is 1.26 bits per heavy atom. The molecule has 0 heterocycles. The van der Waals surface area contributed by atoms with Crippen molar-refractivity contribution in [3.63, 3.8) is 0 Å². The van der Waals surface area contributed by atoms with Crippen molar-refractivity contribution in [2.45, 2.75) is 90.4 Å². The number of benzene rings is 4. The maximum absolute atomic E-state index is 5.71. The molecule has 4 aromatic carbocycles. The van der Waals surface area contributed by atoms with Crippen LogP contribution in [-0.4, -0.2) is 14.2 Å². The second-order valence-electron chi connectivity index (χ2n) is 11.8. The van der Waals surface area contributed by atoms with E-state index in [1.54, 1.807) is 14.2 Å². The molecule has 0 N–H and O–H groups in total. The maximum Gasteiger partial charge on any atom is 0.164 e. The largest absolute Gasteiger partial charge is 0.493 e. The smallest absolute Gasteiger partial charge is 0.164 e. The molecule has 0 saturated carbocycles. The SMILES string of the molecule is COc1c(C)c(C)c(CCCCCCCCCCC(c2ccccc2)(c2ccccc2)c2ccccc2)c(C)c1OC. The molecule has 0 amide bonds. The minimum Gasteiger partial charge on any atom is -0.493 e. The van der Waals surface area contributed by atoms with Crippen LogP contribution >= 0.6 is 0 Å². The lowest BCUT2D eigenvalue weighted by molar-refractivity contribution is 0.350. The van der Waals surface area contributed by atoms with Crippen molar-refractivity contribution in [1.29, 1.82) is 0 Å². The van der Waals surface area contributed by atoms with Crippen molar-refractivity contribution < 1.29 is 9.47 Å². The number of methoxy groups -OCH3 is 2. The zero-order valence-corrected chi connectivity index (χ0v) is 26.5. The summed E-state index contributed by atoms with van der Waals surface area (Å²) in [6.45, 7) is 6.54. The lowest BCUT2D eigenvalue weighted by Crippen LogP contribution is -2.29. The van der Waals surface area contributed by atoms with Crippen LogP contribution in [0.25, 0.3) is 0 Å². The minimum atomic E-state index is -0.122. The molecular formula is C40H50O2. The fourth-order valence-corrected chi connectivity index (χ4v) is 6.88. The van der Waals surface area contributed by atoms with E-state index in [-0.39, 0.29) is 5.41 Å². The van der Waals surface area contributed by atoms with Gasteiger partial charge in [-0.3, -0.25) is 0 Å². The summed E-state index contributed by atoms with van der Waals surface area (Å²) < 4.78 is 11.3. The Hall–Kier alpha value is -3.52. The molecule has 0 saturated heterocycles. The molecule has 4 rings (SSSR count). The van der Waals surface area contributed by atoms with Crippen LogP contribution in [0.5, 0.6) is 11.5 Å². The normalized spacial score (nSPS) is 11.5. The Morgan fingerprint density at radius 1 is 0.452 bits per heavy atom. The first-order chi connectivity index (χ1) is 20.5. The lowest BCUT2D eigenvalue weighted by atomic mass is 9.66. The van der Waals surface area contributed by atoms with E-state index in [2.05, 4.69) is 112 Å². The Bertz CT molecular complexity index is 1260. The average Bonchev–Trinajstić information content (AvgIpc) is 3.04. The topological polar surface area (TPSA) is 18.5 Å². The summed E-state index contributed by atoms with van der Waals surface area (Å²) in [5, 5.41) is 0. The van der Waals surface area contributed by atoms with Gasteiger partial charge in [0.2, 0.25) is 0 Å². The first kappa shape index (κ1) is 31.4. The Labute approximate surface area is 255 Å². The van der Waals surface area contributed by atoms with Gasteiger partial charge in [0.1, 0.15) is 0 Å². The monoisotopic (exact) mass is 562 g/mol. The van der Waals surface area contributed by atoms with E-state index >= 15 is 0 Å². The fourth-order valence-electron chi connectivity index (χ4n) is 6.88. The van der Waals surface area contributed by atoms with Crippen molar-refractivity contribution in [3.8, 4) is 11.5 Å². The molecule has 4 aromatic rings. The zero-order chi connectivity index (χ0) is 29.8. The number of hydrogen-bond acceptors (Lipinski definition) is 2. The van der Waals surface area contributed by atoms with Crippen LogP contribution in [0, 0.1) is 20.8 Å². The molecular weight excluding hydrogens is 512 g/mol. The van der Waals surface area contributed by atoms with Crippen molar-refractivity contribution in [2.75, 3.05) is 14.2 Å². The molecule has 0 fully saturated rings. The van der Waals surface area contributed by atoms with Gasteiger partial charge in [0.05, 0.1) is 14.2 Å². The van der Waals surface area contributed by atoms with E-state index < -0.39 is 0 Å². The van der Waals surface area contributed by atoms with Crippen LogP contribution in [0.15, 0.2) is 91.0 Å². The fraction of sp³-hybridized carbons (Fsp3) is 0.400. The van der Waals surface area contributed by atoms with E-state index in [9.17, 15) is 0 Å². The quantitative estimate of drug-likeness (QED) is 0.0999. The van der Waals surface area contributed by atoms with Gasteiger partial charge >= 0.3 is 0 Å². The molecule has 0 aliphatic heterocycles. The third-order valence-corrected chi connectivity index (χ3v) is 9.29. The highest BCUT2D eigenvalue weighted by Crippen LogP contribution is 2.43. The standard InChI is InChI=1S/C40H50O2/c1-31-32(2)38(41-4)39(42-5)33(3)37(31)29-21-10-8-6-7-9-11-22-30-40(34-23-15-12-16-24-34,35-25-17-13-18-26-35)36-27-19-14-20-28-36/h12-20,23-28H,6-11,21-22,29-30H2,1-5H3. The predicted molar refractivity (Wildman–Crippen MR) is 178 cm³/mol. The number of unbranched alkanes of at least 4 members (excludes halogenated alkanes) is 7. The summed E-state index contributed by atoms with van der Waals surface area (Å²) in [5.41, 5.74) is 9.25. The van der Waals surface area contributed by atoms with Crippen LogP contribution in [0.1, 0.15) is 96.7 Å². The van der Waals surface area contributed by atoms with E-state index in [0.717, 1.165) is 24.3 Å². The highest BCUT2D eigenvalue weighted by Gasteiger charge is 2.35. The predicted octanol–water partition coefficient (Wildman–Crippen LogP) is 10.7. The van der Waals surface area contributed by atoms with Gasteiger partial charge < -0.3 is 9.47 Å². The highest BCUT2D eigenvalue weighted by atomic mass is 16.5. The van der Waals surface area contributed by atoms with Crippen molar-refractivity contribution >= 4 is 0 Å². The van der Waals surface area contributed by atoms with Gasteiger partial charge in [-0.05, 0) is 79.0 Å². The first-order valence-corrected chi connectivity index (χ1v) is 15.9. The second kappa shape index (κ2) is 15.6. The molecule has 0 aliphatic carbocycles. The molecule has 0 atom stereocenters. The molecule has 0 spiro atoms. The van der Waals surface area contributed by atoms with Gasteiger partial charge in [-0.25, -0.2) is 0 Å². The van der Waals surface area contributed by atoms with Crippen LogP contribution in [-0.2, 0) is 11.8 Å². The Morgan fingerprint density at radius 2 is 0.833 bits per heavy atom. The summed E-state index contributed by atoms with van der Waals surface area (Å²) >= 11 is 0. The average molecular weight is 563 g/mol. The van der Waals surface area contributed by atoms with E-state index in [1.807, 2.05) is 0 Å². The molecule has 0 aromatic heterocycles. The number of ether oxygens (including phenoxy) is 2. The van der Waals surface area contributed by atoms with Crippen molar-refractivity contribution in [2.24, 2.45) is 0 Å². The van der Waals surface area contributed by atoms with E-state index in [1.165, 1.54) is 90.3 Å². The molecule has 0 bridgehead atoms. The summed E-state index contributed by atoms with van der Waals surface area (Å²) in [6.07, 6.45) is 12.5. The molecule has 0 unspecified atom stereocenters. The van der Waals surface area contributed by atoms with Gasteiger partial charge in [-0.2, -0.15) is 0 Å². The molecule has 42 heavy (non-hydrogen) atoms. The zero-order valence-electron chi connectivity index (χ0n) is 26.5. The van der Waals surface area contributed by atoms with Crippen LogP contribution in [0.4, 0.5) is 0 Å². The summed E-state index contributed by atoms with van der Waals surface area (Å²) in [7, 11) is 3.48. The summed E-state index contributed by atoms with van der Waals surface area (Å²) in [4.78, 5) is 0. The lowest BCUT2D eigenvalue weighted by Gasteiger charge is -2.36. The molecule has 2 heteroatoms.